The Morgan fingerprint density at radius 3 is 2.81 bits per heavy atom. The summed E-state index contributed by atoms with van der Waals surface area (Å²) < 4.78 is 13.2. The van der Waals surface area contributed by atoms with Crippen molar-refractivity contribution in [1.29, 1.82) is 0 Å². The third-order valence-electron chi connectivity index (χ3n) is 4.15. The van der Waals surface area contributed by atoms with Crippen LogP contribution in [-0.4, -0.2) is 0 Å². The largest absolute Gasteiger partial charge is 0.207 e. The number of halogens is 1. The average Bonchev–Trinajstić information content (AvgIpc) is 2.29. The first-order valence-corrected chi connectivity index (χ1v) is 6.51. The molecule has 1 aliphatic carbocycles. The second-order valence-electron chi connectivity index (χ2n) is 5.04. The van der Waals surface area contributed by atoms with Crippen LogP contribution in [0, 0.1) is 5.82 Å². The van der Waals surface area contributed by atoms with E-state index in [2.05, 4.69) is 13.8 Å². The number of hydrogen-bond donors (Lipinski definition) is 0. The van der Waals surface area contributed by atoms with Crippen molar-refractivity contribution in [2.75, 3.05) is 0 Å². The van der Waals surface area contributed by atoms with E-state index in [4.69, 9.17) is 0 Å². The topological polar surface area (TPSA) is 0 Å². The average molecular weight is 220 g/mol. The summed E-state index contributed by atoms with van der Waals surface area (Å²) in [4.78, 5) is 0. The summed E-state index contributed by atoms with van der Waals surface area (Å²) in [5, 5.41) is 0. The molecule has 16 heavy (non-hydrogen) atoms. The number of benzene rings is 1. The van der Waals surface area contributed by atoms with E-state index in [1.807, 2.05) is 6.07 Å². The molecule has 1 aromatic rings. The minimum Gasteiger partial charge on any atom is -0.207 e. The summed E-state index contributed by atoms with van der Waals surface area (Å²) in [5.74, 6) is -0.0813. The van der Waals surface area contributed by atoms with Gasteiger partial charge in [-0.2, -0.15) is 0 Å². The van der Waals surface area contributed by atoms with Gasteiger partial charge in [0, 0.05) is 0 Å². The number of rotatable bonds is 3. The van der Waals surface area contributed by atoms with Crippen molar-refractivity contribution in [3.8, 4) is 0 Å². The molecule has 1 heteroatoms. The lowest BCUT2D eigenvalue weighted by Gasteiger charge is -2.38. The molecule has 0 saturated heterocycles. The summed E-state index contributed by atoms with van der Waals surface area (Å²) in [6.07, 6.45) is 7.17. The molecule has 1 aromatic carbocycles. The van der Waals surface area contributed by atoms with E-state index in [0.29, 0.717) is 5.41 Å². The smallest absolute Gasteiger partial charge is 0.123 e. The first kappa shape index (κ1) is 11.6. The molecule has 0 N–H and O–H groups in total. The monoisotopic (exact) mass is 220 g/mol. The van der Waals surface area contributed by atoms with Gasteiger partial charge in [-0.3, -0.25) is 0 Å². The molecule has 0 radical (unpaired) electrons. The van der Waals surface area contributed by atoms with Crippen molar-refractivity contribution in [2.24, 2.45) is 0 Å². The lowest BCUT2D eigenvalue weighted by atomic mass is 9.66. The van der Waals surface area contributed by atoms with E-state index in [0.717, 1.165) is 6.42 Å². The van der Waals surface area contributed by atoms with Crippen molar-refractivity contribution < 1.29 is 4.39 Å². The van der Waals surface area contributed by atoms with Crippen LogP contribution in [0.5, 0.6) is 0 Å². The number of hydrogen-bond acceptors (Lipinski definition) is 0. The molecule has 0 spiro atoms. The maximum absolute atomic E-state index is 13.2. The van der Waals surface area contributed by atoms with Crippen molar-refractivity contribution >= 4 is 0 Å². The van der Waals surface area contributed by atoms with Gasteiger partial charge in [-0.1, -0.05) is 26.3 Å². The van der Waals surface area contributed by atoms with Gasteiger partial charge in [-0.15, -0.1) is 0 Å². The standard InChI is InChI=1S/C15H21F/c1-3-9-15(4-2)10-5-6-12-11-13(16)7-8-14(12)15/h7-8,11H,3-6,9-10H2,1-2H3. The van der Waals surface area contributed by atoms with E-state index in [1.54, 1.807) is 12.1 Å². The van der Waals surface area contributed by atoms with Crippen LogP contribution < -0.4 is 0 Å². The normalized spacial score (nSPS) is 24.2. The van der Waals surface area contributed by atoms with Crippen LogP contribution in [0.1, 0.15) is 57.1 Å². The third-order valence-corrected chi connectivity index (χ3v) is 4.15. The summed E-state index contributed by atoms with van der Waals surface area (Å²) in [5.41, 5.74) is 3.00. The predicted molar refractivity (Wildman–Crippen MR) is 66.2 cm³/mol. The summed E-state index contributed by atoms with van der Waals surface area (Å²) >= 11 is 0. The second kappa shape index (κ2) is 4.57. The molecular weight excluding hydrogens is 199 g/mol. The molecule has 0 saturated carbocycles. The van der Waals surface area contributed by atoms with Gasteiger partial charge in [0.2, 0.25) is 0 Å². The van der Waals surface area contributed by atoms with E-state index in [1.165, 1.54) is 43.2 Å². The van der Waals surface area contributed by atoms with Crippen LogP contribution >= 0.6 is 0 Å². The van der Waals surface area contributed by atoms with Gasteiger partial charge in [0.25, 0.3) is 0 Å². The zero-order valence-electron chi connectivity index (χ0n) is 10.4. The van der Waals surface area contributed by atoms with E-state index in [-0.39, 0.29) is 5.82 Å². The van der Waals surface area contributed by atoms with Gasteiger partial charge in [0.1, 0.15) is 5.82 Å². The highest BCUT2D eigenvalue weighted by molar-refractivity contribution is 5.37. The van der Waals surface area contributed by atoms with Crippen LogP contribution in [0.4, 0.5) is 4.39 Å². The van der Waals surface area contributed by atoms with Crippen LogP contribution in [-0.2, 0) is 11.8 Å². The van der Waals surface area contributed by atoms with Crippen LogP contribution in [0.2, 0.25) is 0 Å². The van der Waals surface area contributed by atoms with Gasteiger partial charge < -0.3 is 0 Å². The fourth-order valence-electron chi connectivity index (χ4n) is 3.32. The molecule has 2 rings (SSSR count). The fraction of sp³-hybridized carbons (Fsp3) is 0.600. The lowest BCUT2D eigenvalue weighted by Crippen LogP contribution is -2.30. The van der Waals surface area contributed by atoms with Gasteiger partial charge in [-0.05, 0) is 60.8 Å². The van der Waals surface area contributed by atoms with E-state index in [9.17, 15) is 4.39 Å². The van der Waals surface area contributed by atoms with Gasteiger partial charge >= 0.3 is 0 Å². The van der Waals surface area contributed by atoms with E-state index < -0.39 is 0 Å². The Kier molecular flexibility index (Phi) is 3.32. The molecule has 1 atom stereocenters. The van der Waals surface area contributed by atoms with Crippen LogP contribution in [0.25, 0.3) is 0 Å². The van der Waals surface area contributed by atoms with Crippen molar-refractivity contribution in [3.05, 3.63) is 35.1 Å². The molecule has 0 aliphatic heterocycles. The lowest BCUT2D eigenvalue weighted by molar-refractivity contribution is 0.319. The molecule has 0 amide bonds. The molecule has 0 bridgehead atoms. The molecular formula is C15H21F. The fourth-order valence-corrected chi connectivity index (χ4v) is 3.32. The van der Waals surface area contributed by atoms with Crippen LogP contribution in [0.3, 0.4) is 0 Å². The summed E-state index contributed by atoms with van der Waals surface area (Å²) in [7, 11) is 0. The molecule has 1 unspecified atom stereocenters. The first-order valence-electron chi connectivity index (χ1n) is 6.51. The molecule has 88 valence electrons. The molecule has 1 aliphatic rings. The zero-order chi connectivity index (χ0) is 11.6. The Morgan fingerprint density at radius 1 is 1.31 bits per heavy atom. The van der Waals surface area contributed by atoms with Gasteiger partial charge in [-0.25, -0.2) is 4.39 Å². The maximum Gasteiger partial charge on any atom is 0.123 e. The number of fused-ring (bicyclic) bond motifs is 1. The summed E-state index contributed by atoms with van der Waals surface area (Å²) in [6.45, 7) is 4.52. The highest BCUT2D eigenvalue weighted by atomic mass is 19.1. The Bertz CT molecular complexity index is 370. The zero-order valence-corrected chi connectivity index (χ0v) is 10.4. The Hall–Kier alpha value is -0.850. The quantitative estimate of drug-likeness (QED) is 0.697. The minimum atomic E-state index is -0.0813. The maximum atomic E-state index is 13.2. The Morgan fingerprint density at radius 2 is 2.12 bits per heavy atom. The minimum absolute atomic E-state index is 0.0813. The second-order valence-corrected chi connectivity index (χ2v) is 5.04. The van der Waals surface area contributed by atoms with E-state index >= 15 is 0 Å². The summed E-state index contributed by atoms with van der Waals surface area (Å²) in [6, 6.07) is 5.40. The molecule has 0 nitrogen and oxygen atoms in total. The van der Waals surface area contributed by atoms with Crippen molar-refractivity contribution in [1.82, 2.24) is 0 Å². The SMILES string of the molecule is CCCC1(CC)CCCc2cc(F)ccc21. The van der Waals surface area contributed by atoms with Gasteiger partial charge in [0.15, 0.2) is 0 Å². The van der Waals surface area contributed by atoms with Crippen LogP contribution in [0.15, 0.2) is 18.2 Å². The van der Waals surface area contributed by atoms with Crippen molar-refractivity contribution in [3.63, 3.8) is 0 Å². The molecule has 0 aromatic heterocycles. The highest BCUT2D eigenvalue weighted by Crippen LogP contribution is 2.43. The Balaban J connectivity index is 2.45. The molecule has 0 heterocycles. The highest BCUT2D eigenvalue weighted by Gasteiger charge is 2.33. The first-order chi connectivity index (χ1) is 7.72. The third kappa shape index (κ3) is 1.88. The molecule has 0 fully saturated rings. The predicted octanol–water partition coefficient (Wildman–Crippen LogP) is 4.61. The number of aryl methyl sites for hydroxylation is 1. The van der Waals surface area contributed by atoms with Crippen molar-refractivity contribution in [2.45, 2.75) is 57.8 Å². The van der Waals surface area contributed by atoms with Gasteiger partial charge in [0.05, 0.1) is 0 Å². The Labute approximate surface area is 97.9 Å².